The van der Waals surface area contributed by atoms with Crippen LogP contribution >= 0.6 is 0 Å². The molecule has 0 spiro atoms. The van der Waals surface area contributed by atoms with Crippen molar-refractivity contribution in [3.63, 3.8) is 0 Å². The molecule has 6 nitrogen and oxygen atoms in total. The van der Waals surface area contributed by atoms with Crippen molar-refractivity contribution in [2.45, 2.75) is 24.3 Å². The van der Waals surface area contributed by atoms with Gasteiger partial charge >= 0.3 is 0 Å². The van der Waals surface area contributed by atoms with E-state index in [1.54, 1.807) is 6.92 Å². The standard InChI is InChI=1S/C9H14N2O4S/c1-2-7(6-12)11-16(14,15)9-5-10-4-3-8(9)13/h3-5,7,11-12H,2,6H2,1H3,(H,10,13)/t7-/m1/s1. The molecule has 0 unspecified atom stereocenters. The van der Waals surface area contributed by atoms with Gasteiger partial charge in [0.1, 0.15) is 4.90 Å². The molecule has 0 saturated heterocycles. The first-order valence-electron chi connectivity index (χ1n) is 4.81. The normalized spacial score (nSPS) is 13.6. The molecule has 0 saturated carbocycles. The molecule has 0 bridgehead atoms. The van der Waals surface area contributed by atoms with E-state index >= 15 is 0 Å². The Labute approximate surface area is 93.4 Å². The summed E-state index contributed by atoms with van der Waals surface area (Å²) in [6.45, 7) is 1.43. The summed E-state index contributed by atoms with van der Waals surface area (Å²) in [5.74, 6) is 0. The second-order valence-electron chi connectivity index (χ2n) is 3.28. The molecule has 7 heteroatoms. The second-order valence-corrected chi connectivity index (χ2v) is 4.96. The fourth-order valence-corrected chi connectivity index (χ4v) is 2.51. The van der Waals surface area contributed by atoms with Crippen LogP contribution in [-0.4, -0.2) is 31.2 Å². The van der Waals surface area contributed by atoms with Gasteiger partial charge in [-0.3, -0.25) is 4.79 Å². The predicted octanol–water partition coefficient (Wildman–Crippen LogP) is -0.576. The molecule has 16 heavy (non-hydrogen) atoms. The zero-order chi connectivity index (χ0) is 12.2. The van der Waals surface area contributed by atoms with Gasteiger partial charge < -0.3 is 10.1 Å². The summed E-state index contributed by atoms with van der Waals surface area (Å²) in [7, 11) is -3.87. The first-order chi connectivity index (χ1) is 7.51. The highest BCUT2D eigenvalue weighted by atomic mass is 32.2. The fraction of sp³-hybridized carbons (Fsp3) is 0.444. The molecule has 0 amide bonds. The number of hydrogen-bond acceptors (Lipinski definition) is 4. The zero-order valence-corrected chi connectivity index (χ0v) is 9.62. The third-order valence-corrected chi connectivity index (χ3v) is 3.65. The number of hydrogen-bond donors (Lipinski definition) is 3. The minimum atomic E-state index is -3.87. The topological polar surface area (TPSA) is 99.3 Å². The van der Waals surface area contributed by atoms with Crippen LogP contribution in [0, 0.1) is 0 Å². The van der Waals surface area contributed by atoms with E-state index in [-0.39, 0.29) is 11.5 Å². The minimum Gasteiger partial charge on any atom is -0.395 e. The molecule has 0 fully saturated rings. The van der Waals surface area contributed by atoms with Gasteiger partial charge in [-0.25, -0.2) is 13.1 Å². The fourth-order valence-electron chi connectivity index (χ4n) is 1.14. The summed E-state index contributed by atoms with van der Waals surface area (Å²) in [5, 5.41) is 8.89. The van der Waals surface area contributed by atoms with Crippen LogP contribution in [0.1, 0.15) is 13.3 Å². The first kappa shape index (κ1) is 12.9. The van der Waals surface area contributed by atoms with Gasteiger partial charge in [0.25, 0.3) is 0 Å². The van der Waals surface area contributed by atoms with Gasteiger partial charge in [0.2, 0.25) is 15.5 Å². The van der Waals surface area contributed by atoms with Crippen LogP contribution < -0.4 is 10.2 Å². The van der Waals surface area contributed by atoms with Crippen molar-refractivity contribution in [3.05, 3.63) is 28.7 Å². The number of aromatic amines is 1. The highest BCUT2D eigenvalue weighted by Gasteiger charge is 2.20. The highest BCUT2D eigenvalue weighted by molar-refractivity contribution is 7.89. The lowest BCUT2D eigenvalue weighted by molar-refractivity contribution is 0.254. The average molecular weight is 246 g/mol. The van der Waals surface area contributed by atoms with Crippen LogP contribution in [0.5, 0.6) is 0 Å². The molecule has 1 heterocycles. The van der Waals surface area contributed by atoms with Crippen LogP contribution in [-0.2, 0) is 10.0 Å². The van der Waals surface area contributed by atoms with E-state index < -0.39 is 21.5 Å². The number of H-pyrrole nitrogens is 1. The monoisotopic (exact) mass is 246 g/mol. The molecule has 1 aromatic heterocycles. The van der Waals surface area contributed by atoms with Crippen molar-refractivity contribution in [3.8, 4) is 0 Å². The predicted molar refractivity (Wildman–Crippen MR) is 58.5 cm³/mol. The zero-order valence-electron chi connectivity index (χ0n) is 8.80. The van der Waals surface area contributed by atoms with Crippen LogP contribution in [0.3, 0.4) is 0 Å². The van der Waals surface area contributed by atoms with Gasteiger partial charge in [-0.2, -0.15) is 0 Å². The Bertz CT molecular complexity index is 490. The van der Waals surface area contributed by atoms with E-state index in [0.717, 1.165) is 12.3 Å². The molecule has 1 atom stereocenters. The molecule has 0 aromatic carbocycles. The lowest BCUT2D eigenvalue weighted by Gasteiger charge is -2.13. The summed E-state index contributed by atoms with van der Waals surface area (Å²) in [6.07, 6.45) is 2.92. The van der Waals surface area contributed by atoms with Crippen molar-refractivity contribution in [2.75, 3.05) is 6.61 Å². The lowest BCUT2D eigenvalue weighted by Crippen LogP contribution is -2.38. The van der Waals surface area contributed by atoms with E-state index in [9.17, 15) is 13.2 Å². The summed E-state index contributed by atoms with van der Waals surface area (Å²) in [6, 6.07) is 0.554. The molecule has 90 valence electrons. The number of aliphatic hydroxyl groups is 1. The van der Waals surface area contributed by atoms with Gasteiger partial charge in [-0.1, -0.05) is 6.92 Å². The van der Waals surface area contributed by atoms with E-state index in [0.29, 0.717) is 6.42 Å². The Morgan fingerprint density at radius 2 is 2.25 bits per heavy atom. The molecular formula is C9H14N2O4S. The van der Waals surface area contributed by atoms with Gasteiger partial charge in [0.05, 0.1) is 6.61 Å². The van der Waals surface area contributed by atoms with Crippen molar-refractivity contribution in [1.82, 2.24) is 9.71 Å². The SMILES string of the molecule is CC[C@H](CO)NS(=O)(=O)c1c[nH]ccc1=O. The van der Waals surface area contributed by atoms with Gasteiger partial charge in [-0.05, 0) is 6.42 Å². The highest BCUT2D eigenvalue weighted by Crippen LogP contribution is 2.02. The van der Waals surface area contributed by atoms with Crippen molar-refractivity contribution < 1.29 is 13.5 Å². The molecule has 3 N–H and O–H groups in total. The molecule has 0 aliphatic carbocycles. The maximum atomic E-state index is 11.7. The first-order valence-corrected chi connectivity index (χ1v) is 6.30. The summed E-state index contributed by atoms with van der Waals surface area (Å²) in [4.78, 5) is 13.5. The van der Waals surface area contributed by atoms with Gasteiger partial charge in [-0.15, -0.1) is 0 Å². The Hall–Kier alpha value is -1.18. The number of aromatic nitrogens is 1. The number of sulfonamides is 1. The molecular weight excluding hydrogens is 232 g/mol. The molecule has 1 rings (SSSR count). The number of pyridine rings is 1. The van der Waals surface area contributed by atoms with Crippen molar-refractivity contribution in [1.29, 1.82) is 0 Å². The molecule has 0 aliphatic rings. The lowest BCUT2D eigenvalue weighted by atomic mass is 10.3. The van der Waals surface area contributed by atoms with Crippen LogP contribution in [0.4, 0.5) is 0 Å². The third-order valence-electron chi connectivity index (χ3n) is 2.11. The Balaban J connectivity index is 3.04. The van der Waals surface area contributed by atoms with Crippen LogP contribution in [0.25, 0.3) is 0 Å². The minimum absolute atomic E-state index is 0.305. The quantitative estimate of drug-likeness (QED) is 0.647. The molecule has 0 aliphatic heterocycles. The number of aliphatic hydroxyl groups excluding tert-OH is 1. The maximum absolute atomic E-state index is 11.7. The Morgan fingerprint density at radius 3 is 2.75 bits per heavy atom. The summed E-state index contributed by atoms with van der Waals surface area (Å²) in [5.41, 5.74) is -0.584. The van der Waals surface area contributed by atoms with Crippen molar-refractivity contribution >= 4 is 10.0 Å². The van der Waals surface area contributed by atoms with E-state index in [1.807, 2.05) is 0 Å². The summed E-state index contributed by atoms with van der Waals surface area (Å²) >= 11 is 0. The Morgan fingerprint density at radius 1 is 1.56 bits per heavy atom. The summed E-state index contributed by atoms with van der Waals surface area (Å²) < 4.78 is 25.7. The maximum Gasteiger partial charge on any atom is 0.246 e. The largest absolute Gasteiger partial charge is 0.395 e. The molecule has 0 radical (unpaired) electrons. The third kappa shape index (κ3) is 2.91. The second kappa shape index (κ2) is 5.24. The van der Waals surface area contributed by atoms with Gasteiger partial charge in [0.15, 0.2) is 0 Å². The van der Waals surface area contributed by atoms with Crippen LogP contribution in [0.15, 0.2) is 28.2 Å². The Kier molecular flexibility index (Phi) is 4.22. The average Bonchev–Trinajstić information content (AvgIpc) is 2.26. The van der Waals surface area contributed by atoms with Gasteiger partial charge in [0, 0.05) is 24.5 Å². The number of nitrogens with one attached hydrogen (secondary N) is 2. The van der Waals surface area contributed by atoms with E-state index in [1.165, 1.54) is 6.20 Å². The number of rotatable bonds is 5. The van der Waals surface area contributed by atoms with Crippen LogP contribution in [0.2, 0.25) is 0 Å². The van der Waals surface area contributed by atoms with Crippen molar-refractivity contribution in [2.24, 2.45) is 0 Å². The van der Waals surface area contributed by atoms with E-state index in [4.69, 9.17) is 5.11 Å². The van der Waals surface area contributed by atoms with E-state index in [2.05, 4.69) is 9.71 Å². The molecule has 1 aromatic rings. The smallest absolute Gasteiger partial charge is 0.246 e.